The number of hydrogen-bond donors (Lipinski definition) is 1. The molecule has 1 aromatic rings. The summed E-state index contributed by atoms with van der Waals surface area (Å²) >= 11 is 0. The lowest BCUT2D eigenvalue weighted by atomic mass is 9.87. The summed E-state index contributed by atoms with van der Waals surface area (Å²) < 4.78 is 0. The standard InChI is InChI=1S/C17H25NO/c1-16(2,3)14-10-7-13(8-11-14)9-12-15(19)18-17(4,5)6/h7-12H,1-6H3,(H,18,19). The van der Waals surface area contributed by atoms with Gasteiger partial charge in [-0.3, -0.25) is 4.79 Å². The zero-order valence-corrected chi connectivity index (χ0v) is 12.9. The summed E-state index contributed by atoms with van der Waals surface area (Å²) in [5.74, 6) is -0.0626. The molecule has 1 N–H and O–H groups in total. The van der Waals surface area contributed by atoms with Crippen LogP contribution < -0.4 is 5.32 Å². The molecular weight excluding hydrogens is 234 g/mol. The van der Waals surface area contributed by atoms with Crippen molar-refractivity contribution in [1.29, 1.82) is 0 Å². The van der Waals surface area contributed by atoms with Gasteiger partial charge in [-0.2, -0.15) is 0 Å². The second-order valence-corrected chi connectivity index (χ2v) is 6.94. The average molecular weight is 259 g/mol. The lowest BCUT2D eigenvalue weighted by molar-refractivity contribution is -0.117. The summed E-state index contributed by atoms with van der Waals surface area (Å²) in [6.07, 6.45) is 3.42. The number of nitrogens with one attached hydrogen (secondary N) is 1. The van der Waals surface area contributed by atoms with E-state index < -0.39 is 0 Å². The highest BCUT2D eigenvalue weighted by Crippen LogP contribution is 2.22. The first-order valence-electron chi connectivity index (χ1n) is 6.69. The Balaban J connectivity index is 2.71. The van der Waals surface area contributed by atoms with Crippen molar-refractivity contribution >= 4 is 12.0 Å². The first kappa shape index (κ1) is 15.5. The normalized spacial score (nSPS) is 12.7. The van der Waals surface area contributed by atoms with Crippen LogP contribution in [0.4, 0.5) is 0 Å². The van der Waals surface area contributed by atoms with E-state index >= 15 is 0 Å². The summed E-state index contributed by atoms with van der Waals surface area (Å²) in [5.41, 5.74) is 2.30. The maximum absolute atomic E-state index is 11.7. The SMILES string of the molecule is CC(C)(C)NC(=O)C=Cc1ccc(C(C)(C)C)cc1. The number of amides is 1. The summed E-state index contributed by atoms with van der Waals surface area (Å²) in [6.45, 7) is 12.5. The van der Waals surface area contributed by atoms with Crippen LogP contribution in [0, 0.1) is 0 Å². The van der Waals surface area contributed by atoms with Crippen molar-refractivity contribution in [1.82, 2.24) is 5.32 Å². The fourth-order valence-electron chi connectivity index (χ4n) is 1.68. The van der Waals surface area contributed by atoms with Gasteiger partial charge in [0.25, 0.3) is 0 Å². The molecule has 0 bridgehead atoms. The number of hydrogen-bond acceptors (Lipinski definition) is 1. The highest BCUT2D eigenvalue weighted by Gasteiger charge is 2.13. The predicted octanol–water partition coefficient (Wildman–Crippen LogP) is 3.91. The van der Waals surface area contributed by atoms with E-state index in [4.69, 9.17) is 0 Å². The Morgan fingerprint density at radius 3 is 1.95 bits per heavy atom. The third-order valence-electron chi connectivity index (χ3n) is 2.70. The van der Waals surface area contributed by atoms with Gasteiger partial charge in [-0.25, -0.2) is 0 Å². The first-order valence-corrected chi connectivity index (χ1v) is 6.69. The fraction of sp³-hybridized carbons (Fsp3) is 0.471. The molecule has 2 nitrogen and oxygen atoms in total. The summed E-state index contributed by atoms with van der Waals surface area (Å²) in [4.78, 5) is 11.7. The Labute approximate surface area is 116 Å². The Morgan fingerprint density at radius 2 is 1.53 bits per heavy atom. The molecule has 0 spiro atoms. The Bertz CT molecular complexity index is 456. The average Bonchev–Trinajstić information content (AvgIpc) is 2.23. The summed E-state index contributed by atoms with van der Waals surface area (Å²) in [6, 6.07) is 8.31. The van der Waals surface area contributed by atoms with Crippen molar-refractivity contribution in [2.45, 2.75) is 52.5 Å². The van der Waals surface area contributed by atoms with E-state index in [1.165, 1.54) is 5.56 Å². The van der Waals surface area contributed by atoms with Crippen molar-refractivity contribution in [2.24, 2.45) is 0 Å². The van der Waals surface area contributed by atoms with E-state index in [-0.39, 0.29) is 16.9 Å². The van der Waals surface area contributed by atoms with Crippen LogP contribution in [-0.4, -0.2) is 11.4 Å². The highest BCUT2D eigenvalue weighted by atomic mass is 16.1. The van der Waals surface area contributed by atoms with Gasteiger partial charge < -0.3 is 5.32 Å². The molecule has 1 amide bonds. The highest BCUT2D eigenvalue weighted by molar-refractivity contribution is 5.92. The minimum Gasteiger partial charge on any atom is -0.348 e. The van der Waals surface area contributed by atoms with Crippen molar-refractivity contribution in [3.63, 3.8) is 0 Å². The molecule has 2 heteroatoms. The molecule has 0 aliphatic rings. The van der Waals surface area contributed by atoms with Crippen LogP contribution in [0.15, 0.2) is 30.3 Å². The zero-order chi connectivity index (χ0) is 14.7. The van der Waals surface area contributed by atoms with Gasteiger partial charge in [0.05, 0.1) is 0 Å². The molecule has 0 saturated heterocycles. The van der Waals surface area contributed by atoms with E-state index in [1.807, 2.05) is 39.0 Å². The third-order valence-corrected chi connectivity index (χ3v) is 2.70. The maximum atomic E-state index is 11.7. The predicted molar refractivity (Wildman–Crippen MR) is 82.1 cm³/mol. The van der Waals surface area contributed by atoms with Crippen LogP contribution in [0.1, 0.15) is 52.7 Å². The van der Waals surface area contributed by atoms with Crippen molar-refractivity contribution in [3.8, 4) is 0 Å². The van der Waals surface area contributed by atoms with Gasteiger partial charge in [-0.05, 0) is 43.4 Å². The van der Waals surface area contributed by atoms with E-state index in [1.54, 1.807) is 6.08 Å². The zero-order valence-electron chi connectivity index (χ0n) is 12.9. The number of carbonyl (C=O) groups is 1. The van der Waals surface area contributed by atoms with Crippen molar-refractivity contribution < 1.29 is 4.79 Å². The Hall–Kier alpha value is -1.57. The molecule has 0 aromatic heterocycles. The minimum absolute atomic E-state index is 0.0626. The maximum Gasteiger partial charge on any atom is 0.244 e. The molecule has 0 atom stereocenters. The number of carbonyl (C=O) groups excluding carboxylic acids is 1. The van der Waals surface area contributed by atoms with Gasteiger partial charge in [0.15, 0.2) is 0 Å². The monoisotopic (exact) mass is 259 g/mol. The summed E-state index contributed by atoms with van der Waals surface area (Å²) in [7, 11) is 0. The van der Waals surface area contributed by atoms with Gasteiger partial charge in [0.2, 0.25) is 5.91 Å². The van der Waals surface area contributed by atoms with Crippen LogP contribution in [0.2, 0.25) is 0 Å². The molecule has 1 rings (SSSR count). The van der Waals surface area contributed by atoms with Crippen LogP contribution in [-0.2, 0) is 10.2 Å². The minimum atomic E-state index is -0.197. The molecule has 1 aromatic carbocycles. The molecule has 0 radical (unpaired) electrons. The van der Waals surface area contributed by atoms with Gasteiger partial charge in [0.1, 0.15) is 0 Å². The van der Waals surface area contributed by atoms with E-state index in [9.17, 15) is 4.79 Å². The number of rotatable bonds is 2. The molecule has 0 heterocycles. The van der Waals surface area contributed by atoms with Gasteiger partial charge in [-0.1, -0.05) is 45.0 Å². The van der Waals surface area contributed by atoms with Gasteiger partial charge in [0, 0.05) is 11.6 Å². The molecule has 19 heavy (non-hydrogen) atoms. The van der Waals surface area contributed by atoms with Crippen LogP contribution in [0.25, 0.3) is 6.08 Å². The molecule has 0 aliphatic carbocycles. The third kappa shape index (κ3) is 5.73. The Kier molecular flexibility index (Phi) is 4.56. The molecule has 0 saturated carbocycles. The molecular formula is C17H25NO. The fourth-order valence-corrected chi connectivity index (χ4v) is 1.68. The molecule has 0 aliphatic heterocycles. The second-order valence-electron chi connectivity index (χ2n) is 6.94. The first-order chi connectivity index (χ1) is 8.58. The molecule has 0 fully saturated rings. The Morgan fingerprint density at radius 1 is 1.00 bits per heavy atom. The smallest absolute Gasteiger partial charge is 0.244 e. The van der Waals surface area contributed by atoms with Crippen molar-refractivity contribution in [3.05, 3.63) is 41.5 Å². The van der Waals surface area contributed by atoms with Gasteiger partial charge in [-0.15, -0.1) is 0 Å². The van der Waals surface area contributed by atoms with Crippen LogP contribution in [0.3, 0.4) is 0 Å². The van der Waals surface area contributed by atoms with Gasteiger partial charge >= 0.3 is 0 Å². The summed E-state index contributed by atoms with van der Waals surface area (Å²) in [5, 5.41) is 2.90. The van der Waals surface area contributed by atoms with Crippen molar-refractivity contribution in [2.75, 3.05) is 0 Å². The topological polar surface area (TPSA) is 29.1 Å². The van der Waals surface area contributed by atoms with Crippen LogP contribution in [0.5, 0.6) is 0 Å². The van der Waals surface area contributed by atoms with E-state index in [0.717, 1.165) is 5.56 Å². The lowest BCUT2D eigenvalue weighted by Crippen LogP contribution is -2.39. The lowest BCUT2D eigenvalue weighted by Gasteiger charge is -2.19. The quantitative estimate of drug-likeness (QED) is 0.802. The molecule has 0 unspecified atom stereocenters. The van der Waals surface area contributed by atoms with Crippen LogP contribution >= 0.6 is 0 Å². The van der Waals surface area contributed by atoms with E-state index in [0.29, 0.717) is 0 Å². The van der Waals surface area contributed by atoms with E-state index in [2.05, 4.69) is 38.2 Å². The largest absolute Gasteiger partial charge is 0.348 e. The second kappa shape index (κ2) is 5.60. The number of benzene rings is 1. The molecule has 104 valence electrons.